The minimum Gasteiger partial charge on any atom is -0.478 e. The molecule has 2 N–H and O–H groups in total. The molecule has 0 bridgehead atoms. The molecular formula is C22H18N4O4S. The Morgan fingerprint density at radius 1 is 1.19 bits per heavy atom. The van der Waals surface area contributed by atoms with Crippen LogP contribution in [0.2, 0.25) is 0 Å². The average Bonchev–Trinajstić information content (AvgIpc) is 3.28. The van der Waals surface area contributed by atoms with E-state index >= 15 is 0 Å². The van der Waals surface area contributed by atoms with Gasteiger partial charge in [-0.3, -0.25) is 14.2 Å². The molecule has 2 aromatic carbocycles. The van der Waals surface area contributed by atoms with Gasteiger partial charge in [0.25, 0.3) is 11.5 Å². The highest BCUT2D eigenvalue weighted by Gasteiger charge is 2.28. The predicted octanol–water partition coefficient (Wildman–Crippen LogP) is 1.38. The average molecular weight is 434 g/mol. The van der Waals surface area contributed by atoms with Crippen LogP contribution in [0, 0.1) is 0 Å². The summed E-state index contributed by atoms with van der Waals surface area (Å²) in [6, 6.07) is 12.2. The minimum absolute atomic E-state index is 0.196. The van der Waals surface area contributed by atoms with Crippen molar-refractivity contribution < 1.29 is 14.7 Å². The van der Waals surface area contributed by atoms with Crippen LogP contribution in [0.1, 0.15) is 28.4 Å². The molecule has 8 nitrogen and oxygen atoms in total. The van der Waals surface area contributed by atoms with Gasteiger partial charge < -0.3 is 15.3 Å². The van der Waals surface area contributed by atoms with Crippen LogP contribution in [-0.2, 0) is 17.9 Å². The predicted molar refractivity (Wildman–Crippen MR) is 117 cm³/mol. The Bertz CT molecular complexity index is 1420. The van der Waals surface area contributed by atoms with E-state index in [1.165, 1.54) is 23.5 Å². The second-order valence-corrected chi connectivity index (χ2v) is 8.32. The van der Waals surface area contributed by atoms with Crippen molar-refractivity contribution in [2.45, 2.75) is 20.0 Å². The Morgan fingerprint density at radius 3 is 2.68 bits per heavy atom. The molecule has 2 aliphatic heterocycles. The van der Waals surface area contributed by atoms with Crippen molar-refractivity contribution in [2.75, 3.05) is 16.9 Å². The topological polar surface area (TPSA) is 104 Å². The molecule has 0 spiro atoms. The number of hydrogen-bond acceptors (Lipinski definition) is 6. The maximum absolute atomic E-state index is 13.2. The number of hydrogen-bond donors (Lipinski definition) is 2. The number of carboxylic acid groups (broad SMARTS) is 1. The van der Waals surface area contributed by atoms with Crippen molar-refractivity contribution in [3.8, 4) is 0 Å². The number of carboxylic acids is 1. The summed E-state index contributed by atoms with van der Waals surface area (Å²) >= 11 is 1.23. The number of thiazole rings is 1. The van der Waals surface area contributed by atoms with Gasteiger partial charge in [-0.15, -0.1) is 0 Å². The number of amides is 1. The molecular weight excluding hydrogens is 416 g/mol. The number of aryl methyl sites for hydroxylation is 1. The molecule has 3 heterocycles. The number of aromatic carboxylic acids is 1. The van der Waals surface area contributed by atoms with Crippen molar-refractivity contribution in [2.24, 2.45) is 4.99 Å². The number of nitrogens with zero attached hydrogens (tertiary/aromatic N) is 3. The number of carbonyl (C=O) groups excluding carboxylic acids is 1. The number of aromatic nitrogens is 1. The van der Waals surface area contributed by atoms with Crippen LogP contribution in [-0.4, -0.2) is 28.2 Å². The summed E-state index contributed by atoms with van der Waals surface area (Å²) in [5.74, 6) is -1.27. The Morgan fingerprint density at radius 2 is 1.97 bits per heavy atom. The summed E-state index contributed by atoms with van der Waals surface area (Å²) < 4.78 is 1.93. The lowest BCUT2D eigenvalue weighted by atomic mass is 10.0. The molecule has 31 heavy (non-hydrogen) atoms. The molecule has 0 aliphatic carbocycles. The van der Waals surface area contributed by atoms with E-state index in [4.69, 9.17) is 5.11 Å². The summed E-state index contributed by atoms with van der Waals surface area (Å²) in [6.45, 7) is 2.65. The fraction of sp³-hybridized carbons (Fsp3) is 0.182. The van der Waals surface area contributed by atoms with Crippen LogP contribution in [0.4, 0.5) is 11.4 Å². The number of benzene rings is 2. The highest BCUT2D eigenvalue weighted by molar-refractivity contribution is 7.07. The van der Waals surface area contributed by atoms with E-state index < -0.39 is 5.97 Å². The standard InChI is InChI=1S/C22H18N4O4S/c1-2-12-3-8-16-15(9-12)17(19(27)24-16)18-20(28)26-11-25(10-23-22(26)31-18)14-6-4-13(5-7-14)21(29)30/h3-9H,2,10-11H2,1H3,(H,24,27)(H,29,30)/b18-17-. The largest absolute Gasteiger partial charge is 0.478 e. The molecule has 0 saturated carbocycles. The van der Waals surface area contributed by atoms with Crippen molar-refractivity contribution in [1.29, 1.82) is 0 Å². The van der Waals surface area contributed by atoms with Gasteiger partial charge in [0.05, 0.1) is 11.1 Å². The molecule has 0 unspecified atom stereocenters. The molecule has 0 radical (unpaired) electrons. The van der Waals surface area contributed by atoms with Crippen LogP contribution < -0.4 is 25.1 Å². The third kappa shape index (κ3) is 3.14. The molecule has 0 saturated heterocycles. The third-order valence-electron chi connectivity index (χ3n) is 5.50. The molecule has 5 rings (SSSR count). The van der Waals surface area contributed by atoms with Gasteiger partial charge in [0.15, 0.2) is 4.80 Å². The number of rotatable bonds is 3. The number of anilines is 2. The van der Waals surface area contributed by atoms with E-state index in [1.807, 2.05) is 30.0 Å². The summed E-state index contributed by atoms with van der Waals surface area (Å²) in [7, 11) is 0. The van der Waals surface area contributed by atoms with Gasteiger partial charge in [-0.2, -0.15) is 0 Å². The summed E-state index contributed by atoms with van der Waals surface area (Å²) in [5.41, 5.74) is 3.66. The number of nitrogens with one attached hydrogen (secondary N) is 1. The van der Waals surface area contributed by atoms with Crippen LogP contribution in [0.25, 0.3) is 5.57 Å². The van der Waals surface area contributed by atoms with Crippen molar-refractivity contribution in [1.82, 2.24) is 4.57 Å². The fourth-order valence-electron chi connectivity index (χ4n) is 3.80. The van der Waals surface area contributed by atoms with Crippen molar-refractivity contribution in [3.63, 3.8) is 0 Å². The van der Waals surface area contributed by atoms with Crippen LogP contribution in [0.15, 0.2) is 52.3 Å². The van der Waals surface area contributed by atoms with Crippen LogP contribution in [0.3, 0.4) is 0 Å². The van der Waals surface area contributed by atoms with Gasteiger partial charge in [0.1, 0.15) is 17.9 Å². The second-order valence-electron chi connectivity index (χ2n) is 7.34. The molecule has 9 heteroatoms. The summed E-state index contributed by atoms with van der Waals surface area (Å²) in [4.78, 5) is 44.0. The molecule has 156 valence electrons. The highest BCUT2D eigenvalue weighted by Crippen LogP contribution is 2.31. The third-order valence-corrected chi connectivity index (χ3v) is 6.61. The lowest BCUT2D eigenvalue weighted by molar-refractivity contribution is -0.110. The first-order valence-electron chi connectivity index (χ1n) is 9.77. The zero-order chi connectivity index (χ0) is 21.7. The minimum atomic E-state index is -0.991. The smallest absolute Gasteiger partial charge is 0.335 e. The van der Waals surface area contributed by atoms with E-state index in [-0.39, 0.29) is 23.7 Å². The van der Waals surface area contributed by atoms with Crippen LogP contribution in [0.5, 0.6) is 0 Å². The van der Waals surface area contributed by atoms with E-state index in [2.05, 4.69) is 10.3 Å². The van der Waals surface area contributed by atoms with Gasteiger partial charge in [0.2, 0.25) is 0 Å². The molecule has 2 aliphatic rings. The van der Waals surface area contributed by atoms with Crippen molar-refractivity contribution in [3.05, 3.63) is 78.8 Å². The van der Waals surface area contributed by atoms with Gasteiger partial charge >= 0.3 is 5.97 Å². The first kappa shape index (κ1) is 19.3. The molecule has 0 fully saturated rings. The van der Waals surface area contributed by atoms with Crippen LogP contribution >= 0.6 is 11.3 Å². The van der Waals surface area contributed by atoms with E-state index in [0.717, 1.165) is 23.2 Å². The maximum Gasteiger partial charge on any atom is 0.335 e. The van der Waals surface area contributed by atoms with Gasteiger partial charge in [-0.05, 0) is 48.4 Å². The Balaban J connectivity index is 1.58. The lowest BCUT2D eigenvalue weighted by Gasteiger charge is -2.25. The Kier molecular flexibility index (Phi) is 4.48. The number of carbonyl (C=O) groups is 2. The van der Waals surface area contributed by atoms with Gasteiger partial charge in [-0.25, -0.2) is 9.79 Å². The van der Waals surface area contributed by atoms with Gasteiger partial charge in [-0.1, -0.05) is 24.3 Å². The summed E-state index contributed by atoms with van der Waals surface area (Å²) in [6.07, 6.45) is 0.833. The zero-order valence-corrected chi connectivity index (χ0v) is 17.4. The molecule has 3 aromatic rings. The maximum atomic E-state index is 13.2. The Labute approximate surface area is 180 Å². The monoisotopic (exact) mass is 434 g/mol. The quantitative estimate of drug-likeness (QED) is 0.648. The summed E-state index contributed by atoms with van der Waals surface area (Å²) in [5, 5.41) is 11.9. The van der Waals surface area contributed by atoms with Gasteiger partial charge in [0, 0.05) is 16.9 Å². The molecule has 1 amide bonds. The Hall–Kier alpha value is -3.72. The first-order chi connectivity index (χ1) is 15.0. The van der Waals surface area contributed by atoms with E-state index in [9.17, 15) is 14.4 Å². The highest BCUT2D eigenvalue weighted by atomic mass is 32.1. The lowest BCUT2D eigenvalue weighted by Crippen LogP contribution is -2.43. The fourth-order valence-corrected chi connectivity index (χ4v) is 4.86. The normalized spacial score (nSPS) is 16.4. The molecule has 0 atom stereocenters. The van der Waals surface area contributed by atoms with E-state index in [0.29, 0.717) is 27.3 Å². The van der Waals surface area contributed by atoms with E-state index in [1.54, 1.807) is 16.7 Å². The molecule has 1 aromatic heterocycles. The van der Waals surface area contributed by atoms with Crippen molar-refractivity contribution >= 4 is 40.2 Å². The second kappa shape index (κ2) is 7.21. The number of fused-ring (bicyclic) bond motifs is 2. The zero-order valence-electron chi connectivity index (χ0n) is 16.6. The first-order valence-corrected chi connectivity index (χ1v) is 10.6. The SMILES string of the molecule is CCc1ccc2c(c1)/C(=c1/sc3n(c1=O)CN(c1ccc(C(=O)O)cc1)CN=3)C(=O)N2.